The van der Waals surface area contributed by atoms with Crippen LogP contribution in [0.4, 0.5) is 5.82 Å². The lowest BCUT2D eigenvalue weighted by Gasteiger charge is -2.35. The van der Waals surface area contributed by atoms with Crippen LogP contribution >= 0.6 is 11.8 Å². The van der Waals surface area contributed by atoms with E-state index >= 15 is 0 Å². The number of nitrogens with zero attached hydrogens (tertiary/aromatic N) is 6. The minimum absolute atomic E-state index is 0.0865. The first-order valence-corrected chi connectivity index (χ1v) is 10.4. The summed E-state index contributed by atoms with van der Waals surface area (Å²) in [4.78, 5) is 27.1. The first-order valence-electron chi connectivity index (χ1n) is 9.18. The Morgan fingerprint density at radius 1 is 1.04 bits per heavy atom. The third kappa shape index (κ3) is 3.87. The van der Waals surface area contributed by atoms with Crippen LogP contribution in [-0.4, -0.2) is 63.0 Å². The maximum atomic E-state index is 12.8. The zero-order valence-electron chi connectivity index (χ0n) is 15.9. The lowest BCUT2D eigenvalue weighted by Crippen LogP contribution is -2.49. The number of piperazine rings is 1. The molecule has 144 valence electrons. The van der Waals surface area contributed by atoms with Crippen molar-refractivity contribution in [2.45, 2.75) is 11.8 Å². The van der Waals surface area contributed by atoms with Crippen LogP contribution in [0.3, 0.4) is 0 Å². The third-order valence-corrected chi connectivity index (χ3v) is 5.52. The summed E-state index contributed by atoms with van der Waals surface area (Å²) in [6.45, 7) is 4.70. The topological polar surface area (TPSA) is 67.2 Å². The smallest absolute Gasteiger partial charge is 0.253 e. The van der Waals surface area contributed by atoms with Gasteiger partial charge in [0.1, 0.15) is 11.6 Å². The molecule has 1 aromatic carbocycles. The highest BCUT2D eigenvalue weighted by molar-refractivity contribution is 7.98. The molecule has 1 aliphatic rings. The molecule has 0 aliphatic carbocycles. The summed E-state index contributed by atoms with van der Waals surface area (Å²) in [7, 11) is 0. The molecule has 0 radical (unpaired) electrons. The highest BCUT2D eigenvalue weighted by Crippen LogP contribution is 2.19. The van der Waals surface area contributed by atoms with Gasteiger partial charge in [-0.2, -0.15) is 5.10 Å². The van der Waals surface area contributed by atoms with Crippen LogP contribution in [-0.2, 0) is 0 Å². The second kappa shape index (κ2) is 8.02. The van der Waals surface area contributed by atoms with E-state index in [2.05, 4.69) is 20.0 Å². The number of thioether (sulfide) groups is 1. The molecule has 3 heterocycles. The molecule has 2 aromatic heterocycles. The van der Waals surface area contributed by atoms with Crippen LogP contribution in [0.15, 0.2) is 53.7 Å². The van der Waals surface area contributed by atoms with Crippen LogP contribution in [0.25, 0.3) is 5.82 Å². The minimum Gasteiger partial charge on any atom is -0.353 e. The SMILES string of the molecule is CSc1ccc(C(=O)N2CCN(c3cc(-n4cccn4)nc(C)n3)CC2)cc1. The number of aryl methyl sites for hydroxylation is 1. The molecule has 0 spiro atoms. The zero-order valence-corrected chi connectivity index (χ0v) is 16.8. The maximum absolute atomic E-state index is 12.8. The van der Waals surface area contributed by atoms with Gasteiger partial charge < -0.3 is 9.80 Å². The van der Waals surface area contributed by atoms with E-state index in [0.29, 0.717) is 18.9 Å². The normalized spacial score (nSPS) is 14.4. The zero-order chi connectivity index (χ0) is 19.5. The molecule has 0 atom stereocenters. The number of hydrogen-bond acceptors (Lipinski definition) is 6. The van der Waals surface area contributed by atoms with E-state index in [1.165, 1.54) is 0 Å². The average molecular weight is 395 g/mol. The van der Waals surface area contributed by atoms with Crippen LogP contribution in [0.1, 0.15) is 16.2 Å². The summed E-state index contributed by atoms with van der Waals surface area (Å²) in [6.07, 6.45) is 5.63. The molecule has 7 nitrogen and oxygen atoms in total. The van der Waals surface area contributed by atoms with E-state index in [4.69, 9.17) is 0 Å². The second-order valence-electron chi connectivity index (χ2n) is 6.59. The van der Waals surface area contributed by atoms with Crippen molar-refractivity contribution in [2.24, 2.45) is 0 Å². The van der Waals surface area contributed by atoms with Crippen molar-refractivity contribution in [1.29, 1.82) is 0 Å². The molecule has 1 fully saturated rings. The Morgan fingerprint density at radius 2 is 1.75 bits per heavy atom. The number of aromatic nitrogens is 4. The number of carbonyl (C=O) groups is 1. The maximum Gasteiger partial charge on any atom is 0.253 e. The number of amides is 1. The van der Waals surface area contributed by atoms with Gasteiger partial charge >= 0.3 is 0 Å². The number of anilines is 1. The van der Waals surface area contributed by atoms with Gasteiger partial charge in [0.25, 0.3) is 5.91 Å². The summed E-state index contributed by atoms with van der Waals surface area (Å²) in [6, 6.07) is 11.6. The molecule has 8 heteroatoms. The largest absolute Gasteiger partial charge is 0.353 e. The lowest BCUT2D eigenvalue weighted by atomic mass is 10.2. The third-order valence-electron chi connectivity index (χ3n) is 4.78. The lowest BCUT2D eigenvalue weighted by molar-refractivity contribution is 0.0746. The fraction of sp³-hybridized carbons (Fsp3) is 0.300. The van der Waals surface area contributed by atoms with Gasteiger partial charge in [-0.05, 0) is 43.5 Å². The summed E-state index contributed by atoms with van der Waals surface area (Å²) in [5, 5.41) is 4.25. The fourth-order valence-corrected chi connectivity index (χ4v) is 3.68. The number of rotatable bonds is 4. The van der Waals surface area contributed by atoms with Gasteiger partial charge in [0.2, 0.25) is 0 Å². The quantitative estimate of drug-likeness (QED) is 0.634. The molecule has 0 saturated carbocycles. The molecule has 0 N–H and O–H groups in total. The van der Waals surface area contributed by atoms with Gasteiger partial charge in [0.15, 0.2) is 5.82 Å². The van der Waals surface area contributed by atoms with E-state index < -0.39 is 0 Å². The summed E-state index contributed by atoms with van der Waals surface area (Å²) in [5.74, 6) is 2.41. The van der Waals surface area contributed by atoms with Crippen molar-refractivity contribution >= 4 is 23.5 Å². The summed E-state index contributed by atoms with van der Waals surface area (Å²) >= 11 is 1.67. The summed E-state index contributed by atoms with van der Waals surface area (Å²) in [5.41, 5.74) is 0.741. The van der Waals surface area contributed by atoms with Gasteiger partial charge in [-0.15, -0.1) is 11.8 Å². The predicted molar refractivity (Wildman–Crippen MR) is 110 cm³/mol. The van der Waals surface area contributed by atoms with Crippen LogP contribution in [0, 0.1) is 6.92 Å². The molecule has 4 rings (SSSR count). The minimum atomic E-state index is 0.0865. The molecule has 28 heavy (non-hydrogen) atoms. The Morgan fingerprint density at radius 3 is 2.39 bits per heavy atom. The molecule has 0 bridgehead atoms. The van der Waals surface area contributed by atoms with Crippen molar-refractivity contribution in [3.63, 3.8) is 0 Å². The van der Waals surface area contributed by atoms with E-state index in [1.807, 2.05) is 60.7 Å². The first kappa shape index (κ1) is 18.5. The van der Waals surface area contributed by atoms with Crippen molar-refractivity contribution < 1.29 is 4.79 Å². The molecule has 1 aliphatic heterocycles. The Labute approximate surface area is 168 Å². The van der Waals surface area contributed by atoms with Crippen LogP contribution in [0.2, 0.25) is 0 Å². The predicted octanol–water partition coefficient (Wildman–Crippen LogP) is 2.66. The Hall–Kier alpha value is -2.87. The number of benzene rings is 1. The monoisotopic (exact) mass is 394 g/mol. The van der Waals surface area contributed by atoms with Crippen molar-refractivity contribution in [1.82, 2.24) is 24.6 Å². The second-order valence-corrected chi connectivity index (χ2v) is 7.47. The fourth-order valence-electron chi connectivity index (χ4n) is 3.28. The Kier molecular flexibility index (Phi) is 5.29. The van der Waals surface area contributed by atoms with E-state index in [-0.39, 0.29) is 5.91 Å². The molecule has 0 unspecified atom stereocenters. The summed E-state index contributed by atoms with van der Waals surface area (Å²) < 4.78 is 1.73. The Balaban J connectivity index is 1.44. The van der Waals surface area contributed by atoms with Gasteiger partial charge in [-0.3, -0.25) is 4.79 Å². The van der Waals surface area contributed by atoms with Crippen LogP contribution in [0.5, 0.6) is 0 Å². The van der Waals surface area contributed by atoms with Crippen LogP contribution < -0.4 is 4.90 Å². The highest BCUT2D eigenvalue weighted by Gasteiger charge is 2.23. The van der Waals surface area contributed by atoms with Crippen molar-refractivity contribution in [3.05, 3.63) is 60.2 Å². The number of carbonyl (C=O) groups excluding carboxylic acids is 1. The molecular weight excluding hydrogens is 372 g/mol. The van der Waals surface area contributed by atoms with E-state index in [1.54, 1.807) is 22.6 Å². The highest BCUT2D eigenvalue weighted by atomic mass is 32.2. The first-order chi connectivity index (χ1) is 13.6. The van der Waals surface area contributed by atoms with E-state index in [0.717, 1.165) is 35.2 Å². The van der Waals surface area contributed by atoms with Gasteiger partial charge in [-0.25, -0.2) is 14.6 Å². The van der Waals surface area contributed by atoms with E-state index in [9.17, 15) is 4.79 Å². The van der Waals surface area contributed by atoms with Gasteiger partial charge in [-0.1, -0.05) is 0 Å². The molecular formula is C20H22N6OS. The van der Waals surface area contributed by atoms with Crippen molar-refractivity contribution in [2.75, 3.05) is 37.3 Å². The number of hydrogen-bond donors (Lipinski definition) is 0. The Bertz CT molecular complexity index is 949. The molecule has 3 aromatic rings. The average Bonchev–Trinajstić information content (AvgIpc) is 3.28. The standard InChI is InChI=1S/C20H22N6OS/c1-15-22-18(14-19(23-15)26-9-3-8-21-26)24-10-12-25(13-11-24)20(27)16-4-6-17(28-2)7-5-16/h3-9,14H,10-13H2,1-2H3. The van der Waals surface area contributed by atoms with Gasteiger partial charge in [0, 0.05) is 55.1 Å². The molecule has 1 amide bonds. The molecule has 1 saturated heterocycles. The van der Waals surface area contributed by atoms with Crippen molar-refractivity contribution in [3.8, 4) is 5.82 Å². The van der Waals surface area contributed by atoms with Gasteiger partial charge in [0.05, 0.1) is 0 Å².